The molecule has 0 aromatic heterocycles. The van der Waals surface area contributed by atoms with Crippen molar-refractivity contribution in [1.29, 1.82) is 0 Å². The monoisotopic (exact) mass is 291 g/mol. The summed E-state index contributed by atoms with van der Waals surface area (Å²) < 4.78 is 5.35. The van der Waals surface area contributed by atoms with Gasteiger partial charge >= 0.3 is 5.97 Å². The maximum atomic E-state index is 11.1. The fraction of sp³-hybridized carbons (Fsp3) is 0.300. The minimum Gasteiger partial charge on any atom is -0.468 e. The van der Waals surface area contributed by atoms with Crippen molar-refractivity contribution < 1.29 is 9.53 Å². The third kappa shape index (κ3) is 3.48. The molecule has 3 nitrogen and oxygen atoms in total. The number of benzene rings is 1. The van der Waals surface area contributed by atoms with Crippen LogP contribution in [0.1, 0.15) is 5.56 Å². The molecular weight excluding hydrogens is 281 g/mol. The number of carbonyl (C=O) groups excluding carboxylic acids is 1. The molecule has 5 heteroatoms. The Morgan fingerprint density at radius 2 is 2.33 bits per heavy atom. The maximum absolute atomic E-state index is 11.1. The lowest BCUT2D eigenvalue weighted by atomic mass is 10.1. The lowest BCUT2D eigenvalue weighted by Gasteiger charge is -2.09. The van der Waals surface area contributed by atoms with E-state index in [1.165, 1.54) is 7.11 Å². The minimum atomic E-state index is -0.646. The summed E-state index contributed by atoms with van der Waals surface area (Å²) in [5.74, 6) is -0.422. The molecule has 1 unspecified atom stereocenters. The van der Waals surface area contributed by atoms with Crippen molar-refractivity contribution in [3.8, 4) is 0 Å². The highest BCUT2D eigenvalue weighted by Gasteiger charge is 2.14. The number of hydrogen-bond acceptors (Lipinski definition) is 3. The fourth-order valence-corrected chi connectivity index (χ4v) is 1.61. The molecule has 0 aliphatic heterocycles. The number of hydrogen-bond donors (Lipinski definition) is 1. The first-order valence-electron chi connectivity index (χ1n) is 4.32. The average molecular weight is 293 g/mol. The SMILES string of the molecule is COC(=O)C(N)Cc1ccc(Br)c(Cl)c1. The molecule has 82 valence electrons. The van der Waals surface area contributed by atoms with E-state index in [-0.39, 0.29) is 0 Å². The highest BCUT2D eigenvalue weighted by atomic mass is 79.9. The van der Waals surface area contributed by atoms with E-state index in [4.69, 9.17) is 17.3 Å². The van der Waals surface area contributed by atoms with E-state index >= 15 is 0 Å². The van der Waals surface area contributed by atoms with Gasteiger partial charge in [0.15, 0.2) is 0 Å². The van der Waals surface area contributed by atoms with E-state index < -0.39 is 12.0 Å². The number of methoxy groups -OCH3 is 1. The zero-order valence-corrected chi connectivity index (χ0v) is 10.5. The maximum Gasteiger partial charge on any atom is 0.322 e. The van der Waals surface area contributed by atoms with Crippen LogP contribution in [0.2, 0.25) is 5.02 Å². The Morgan fingerprint density at radius 3 is 2.87 bits per heavy atom. The molecule has 0 heterocycles. The molecule has 0 aliphatic carbocycles. The van der Waals surface area contributed by atoms with E-state index in [1.807, 2.05) is 12.1 Å². The van der Waals surface area contributed by atoms with Crippen molar-refractivity contribution in [1.82, 2.24) is 0 Å². The van der Waals surface area contributed by atoms with Gasteiger partial charge in [-0.3, -0.25) is 4.79 Å². The third-order valence-corrected chi connectivity index (χ3v) is 3.18. The standard InChI is InChI=1S/C10H11BrClNO2/c1-15-10(14)9(13)5-6-2-3-7(11)8(12)4-6/h2-4,9H,5,13H2,1H3. The minimum absolute atomic E-state index is 0.416. The lowest BCUT2D eigenvalue weighted by molar-refractivity contribution is -0.142. The van der Waals surface area contributed by atoms with Gasteiger partial charge in [0.2, 0.25) is 0 Å². The summed E-state index contributed by atoms with van der Waals surface area (Å²) in [5.41, 5.74) is 6.52. The summed E-state index contributed by atoms with van der Waals surface area (Å²) in [6.07, 6.45) is 0.416. The van der Waals surface area contributed by atoms with Gasteiger partial charge in [0, 0.05) is 4.47 Å². The van der Waals surface area contributed by atoms with E-state index in [0.29, 0.717) is 11.4 Å². The Hall–Kier alpha value is -0.580. The van der Waals surface area contributed by atoms with Crippen molar-refractivity contribution in [2.24, 2.45) is 5.73 Å². The molecular formula is C10H11BrClNO2. The number of rotatable bonds is 3. The molecule has 0 fully saturated rings. The Kier molecular flexibility index (Phi) is 4.57. The van der Waals surface area contributed by atoms with Crippen molar-refractivity contribution in [2.45, 2.75) is 12.5 Å². The molecule has 0 bridgehead atoms. The quantitative estimate of drug-likeness (QED) is 0.869. The normalized spacial score (nSPS) is 12.3. The molecule has 2 N–H and O–H groups in total. The second kappa shape index (κ2) is 5.49. The molecule has 1 rings (SSSR count). The number of carbonyl (C=O) groups is 1. The van der Waals surface area contributed by atoms with Crippen molar-refractivity contribution in [3.63, 3.8) is 0 Å². The first kappa shape index (κ1) is 12.5. The van der Waals surface area contributed by atoms with Crippen molar-refractivity contribution >= 4 is 33.5 Å². The zero-order chi connectivity index (χ0) is 11.4. The van der Waals surface area contributed by atoms with Gasteiger partial charge in [0.1, 0.15) is 6.04 Å². The third-order valence-electron chi connectivity index (χ3n) is 1.94. The topological polar surface area (TPSA) is 52.3 Å². The first-order chi connectivity index (χ1) is 7.04. The van der Waals surface area contributed by atoms with E-state index in [0.717, 1.165) is 10.0 Å². The summed E-state index contributed by atoms with van der Waals surface area (Å²) in [5, 5.41) is 0.601. The second-order valence-corrected chi connectivity index (χ2v) is 4.34. The molecule has 0 radical (unpaired) electrons. The van der Waals surface area contributed by atoms with Gasteiger partial charge in [-0.15, -0.1) is 0 Å². The van der Waals surface area contributed by atoms with Crippen LogP contribution in [-0.2, 0) is 16.0 Å². The van der Waals surface area contributed by atoms with Crippen LogP contribution in [0.25, 0.3) is 0 Å². The van der Waals surface area contributed by atoms with Gasteiger partial charge in [0.25, 0.3) is 0 Å². The van der Waals surface area contributed by atoms with Crippen LogP contribution in [0.4, 0.5) is 0 Å². The molecule has 1 atom stereocenters. The first-order valence-corrected chi connectivity index (χ1v) is 5.49. The molecule has 0 aliphatic rings. The van der Waals surface area contributed by atoms with Crippen LogP contribution >= 0.6 is 27.5 Å². The van der Waals surface area contributed by atoms with Crippen LogP contribution < -0.4 is 5.73 Å². The lowest BCUT2D eigenvalue weighted by Crippen LogP contribution is -2.33. The van der Waals surface area contributed by atoms with Gasteiger partial charge < -0.3 is 10.5 Å². The summed E-state index contributed by atoms with van der Waals surface area (Å²) in [7, 11) is 1.32. The van der Waals surface area contributed by atoms with Gasteiger partial charge in [-0.05, 0) is 40.0 Å². The van der Waals surface area contributed by atoms with Crippen LogP contribution in [0.3, 0.4) is 0 Å². The summed E-state index contributed by atoms with van der Waals surface area (Å²) in [4.78, 5) is 11.1. The highest BCUT2D eigenvalue weighted by molar-refractivity contribution is 9.10. The van der Waals surface area contributed by atoms with Crippen molar-refractivity contribution in [3.05, 3.63) is 33.3 Å². The van der Waals surface area contributed by atoms with Gasteiger partial charge in [-0.25, -0.2) is 0 Å². The molecule has 0 spiro atoms. The molecule has 1 aromatic carbocycles. The fourth-order valence-electron chi connectivity index (χ4n) is 1.16. The Labute approximate surface area is 102 Å². The number of esters is 1. The van der Waals surface area contributed by atoms with Crippen LogP contribution in [0, 0.1) is 0 Å². The molecule has 0 saturated carbocycles. The summed E-state index contributed by atoms with van der Waals surface area (Å²) >= 11 is 9.19. The number of halogens is 2. The molecule has 0 saturated heterocycles. The Balaban J connectivity index is 2.73. The Bertz CT molecular complexity index is 370. The summed E-state index contributed by atoms with van der Waals surface area (Å²) in [6.45, 7) is 0. The predicted octanol–water partition coefficient (Wildman–Crippen LogP) is 2.15. The smallest absolute Gasteiger partial charge is 0.322 e. The van der Waals surface area contributed by atoms with E-state index in [9.17, 15) is 4.79 Å². The zero-order valence-electron chi connectivity index (χ0n) is 8.17. The summed E-state index contributed by atoms with van der Waals surface area (Å²) in [6, 6.07) is 4.81. The number of nitrogens with two attached hydrogens (primary N) is 1. The van der Waals surface area contributed by atoms with Gasteiger partial charge in [0.05, 0.1) is 12.1 Å². The molecule has 0 amide bonds. The van der Waals surface area contributed by atoms with E-state index in [1.54, 1.807) is 6.07 Å². The predicted molar refractivity (Wildman–Crippen MR) is 62.8 cm³/mol. The van der Waals surface area contributed by atoms with Crippen LogP contribution in [0.5, 0.6) is 0 Å². The second-order valence-electron chi connectivity index (χ2n) is 3.08. The highest BCUT2D eigenvalue weighted by Crippen LogP contribution is 2.23. The van der Waals surface area contributed by atoms with Crippen molar-refractivity contribution in [2.75, 3.05) is 7.11 Å². The van der Waals surface area contributed by atoms with Gasteiger partial charge in [-0.2, -0.15) is 0 Å². The van der Waals surface area contributed by atoms with Gasteiger partial charge in [-0.1, -0.05) is 17.7 Å². The van der Waals surface area contributed by atoms with E-state index in [2.05, 4.69) is 20.7 Å². The van der Waals surface area contributed by atoms with Crippen LogP contribution in [0.15, 0.2) is 22.7 Å². The number of ether oxygens (including phenoxy) is 1. The average Bonchev–Trinajstić information content (AvgIpc) is 2.22. The van der Waals surface area contributed by atoms with Crippen LogP contribution in [-0.4, -0.2) is 19.1 Å². The Morgan fingerprint density at radius 1 is 1.67 bits per heavy atom. The molecule has 1 aromatic rings. The largest absolute Gasteiger partial charge is 0.468 e. The molecule has 15 heavy (non-hydrogen) atoms.